The van der Waals surface area contributed by atoms with Gasteiger partial charge < -0.3 is 10.6 Å². The summed E-state index contributed by atoms with van der Waals surface area (Å²) in [6.07, 6.45) is 3.31. The summed E-state index contributed by atoms with van der Waals surface area (Å²) in [5.74, 6) is -0.853. The van der Waals surface area contributed by atoms with Crippen molar-refractivity contribution < 1.29 is 14.0 Å². The number of rotatable bonds is 5. The van der Waals surface area contributed by atoms with E-state index < -0.39 is 6.04 Å². The van der Waals surface area contributed by atoms with Crippen LogP contribution in [0.2, 0.25) is 0 Å². The number of para-hydroxylation sites is 1. The maximum Gasteiger partial charge on any atom is 0.247 e. The molecule has 1 aliphatic rings. The maximum absolute atomic E-state index is 13.4. The molecule has 2 aromatic carbocycles. The molecule has 0 saturated carbocycles. The van der Waals surface area contributed by atoms with Crippen LogP contribution in [-0.2, 0) is 22.4 Å². The second-order valence-corrected chi connectivity index (χ2v) is 7.06. The predicted octanol–water partition coefficient (Wildman–Crippen LogP) is 3.46. The van der Waals surface area contributed by atoms with Gasteiger partial charge >= 0.3 is 0 Å². The highest BCUT2D eigenvalue weighted by atomic mass is 19.1. The largest absolute Gasteiger partial charge is 0.341 e. The minimum Gasteiger partial charge on any atom is -0.341 e. The van der Waals surface area contributed by atoms with Crippen LogP contribution in [0.4, 0.5) is 10.1 Å². The van der Waals surface area contributed by atoms with Gasteiger partial charge in [0.15, 0.2) is 0 Å². The summed E-state index contributed by atoms with van der Waals surface area (Å²) in [5.41, 5.74) is 3.71. The summed E-state index contributed by atoms with van der Waals surface area (Å²) in [5, 5.41) is 5.69. The number of nitrogens with zero attached hydrogens (tertiary/aromatic N) is 1. The van der Waals surface area contributed by atoms with Crippen molar-refractivity contribution in [3.8, 4) is 0 Å². The summed E-state index contributed by atoms with van der Waals surface area (Å²) in [6.45, 7) is 1.68. The van der Waals surface area contributed by atoms with E-state index >= 15 is 0 Å². The minimum absolute atomic E-state index is 0.222. The molecule has 0 radical (unpaired) electrons. The Morgan fingerprint density at radius 2 is 2.07 bits per heavy atom. The first-order chi connectivity index (χ1) is 14.0. The van der Waals surface area contributed by atoms with Crippen molar-refractivity contribution in [2.45, 2.75) is 32.2 Å². The molecule has 5 nitrogen and oxygen atoms in total. The van der Waals surface area contributed by atoms with Gasteiger partial charge in [-0.05, 0) is 55.2 Å². The number of amides is 2. The first-order valence-corrected chi connectivity index (χ1v) is 9.54. The Hall–Kier alpha value is -3.28. The molecule has 0 aromatic heterocycles. The van der Waals surface area contributed by atoms with Crippen molar-refractivity contribution in [1.82, 2.24) is 5.32 Å². The lowest BCUT2D eigenvalue weighted by molar-refractivity contribution is -0.124. The fraction of sp³-hybridized carbons (Fsp3) is 0.261. The van der Waals surface area contributed by atoms with Crippen LogP contribution >= 0.6 is 0 Å². The highest BCUT2D eigenvalue weighted by molar-refractivity contribution is 6.06. The predicted molar refractivity (Wildman–Crippen MR) is 113 cm³/mol. The number of hydrogen-bond acceptors (Lipinski definition) is 3. The Morgan fingerprint density at radius 1 is 1.28 bits per heavy atom. The van der Waals surface area contributed by atoms with Crippen LogP contribution in [0, 0.1) is 5.82 Å². The van der Waals surface area contributed by atoms with E-state index in [1.807, 2.05) is 30.3 Å². The lowest BCUT2D eigenvalue weighted by Crippen LogP contribution is -2.43. The Labute approximate surface area is 169 Å². The van der Waals surface area contributed by atoms with E-state index in [-0.39, 0.29) is 17.6 Å². The first kappa shape index (κ1) is 20.5. The van der Waals surface area contributed by atoms with Gasteiger partial charge in [-0.2, -0.15) is 0 Å². The fourth-order valence-electron chi connectivity index (χ4n) is 3.29. The number of aryl methyl sites for hydroxylation is 1. The third-order valence-electron chi connectivity index (χ3n) is 4.90. The smallest absolute Gasteiger partial charge is 0.247 e. The topological polar surface area (TPSA) is 70.6 Å². The average Bonchev–Trinajstić information content (AvgIpc) is 2.86. The maximum atomic E-state index is 13.4. The monoisotopic (exact) mass is 393 g/mol. The third-order valence-corrected chi connectivity index (χ3v) is 4.90. The number of carbonyl (C=O) groups excluding carboxylic acids is 2. The van der Waals surface area contributed by atoms with Crippen molar-refractivity contribution >= 4 is 23.2 Å². The van der Waals surface area contributed by atoms with E-state index in [0.29, 0.717) is 30.5 Å². The molecule has 1 atom stereocenters. The van der Waals surface area contributed by atoms with Gasteiger partial charge in [0.05, 0.1) is 0 Å². The summed E-state index contributed by atoms with van der Waals surface area (Å²) >= 11 is 0. The molecule has 1 heterocycles. The number of fused-ring (bicyclic) bond motifs is 1. The molecule has 0 spiro atoms. The van der Waals surface area contributed by atoms with Crippen LogP contribution in [-0.4, -0.2) is 30.6 Å². The van der Waals surface area contributed by atoms with Gasteiger partial charge in [0.2, 0.25) is 11.8 Å². The minimum atomic E-state index is -0.608. The number of carbonyl (C=O) groups is 2. The van der Waals surface area contributed by atoms with Gasteiger partial charge in [-0.25, -0.2) is 4.39 Å². The molecule has 3 rings (SSSR count). The molecule has 0 aliphatic carbocycles. The van der Waals surface area contributed by atoms with Crippen molar-refractivity contribution in [1.29, 1.82) is 0 Å². The van der Waals surface area contributed by atoms with Gasteiger partial charge in [-0.1, -0.05) is 30.3 Å². The summed E-state index contributed by atoms with van der Waals surface area (Å²) < 4.78 is 13.4. The molecule has 0 bridgehead atoms. The third kappa shape index (κ3) is 5.38. The number of benzene rings is 2. The number of hydrogen-bond donors (Lipinski definition) is 2. The van der Waals surface area contributed by atoms with Crippen molar-refractivity contribution in [2.24, 2.45) is 4.99 Å². The number of allylic oxidation sites excluding steroid dienone is 1. The SMILES string of the molecule is C/N=C(\C=C(/C)C(=O)N[C@H]1CCc2ccccc2NC1=O)Cc1cccc(F)c1. The van der Waals surface area contributed by atoms with E-state index in [1.165, 1.54) is 12.1 Å². The summed E-state index contributed by atoms with van der Waals surface area (Å²) in [7, 11) is 1.63. The van der Waals surface area contributed by atoms with E-state index in [9.17, 15) is 14.0 Å². The van der Waals surface area contributed by atoms with Crippen LogP contribution in [0.5, 0.6) is 0 Å². The average molecular weight is 393 g/mol. The summed E-state index contributed by atoms with van der Waals surface area (Å²) in [4.78, 5) is 29.3. The molecular formula is C23H24FN3O2. The van der Waals surface area contributed by atoms with Crippen molar-refractivity contribution in [2.75, 3.05) is 12.4 Å². The molecule has 0 fully saturated rings. The second-order valence-electron chi connectivity index (χ2n) is 7.06. The number of aliphatic imine (C=N–C) groups is 1. The number of nitrogens with one attached hydrogen (secondary N) is 2. The standard InChI is InChI=1S/C23H24FN3O2/c1-15(12-19(25-2)14-16-6-5-8-18(24)13-16)22(28)27-21-11-10-17-7-3-4-9-20(17)26-23(21)29/h3-9,12-13,21H,10-11,14H2,1-2H3,(H,26,29)(H,27,28)/b15-12+,25-19+/t21-/m0/s1. The van der Waals surface area contributed by atoms with Gasteiger partial charge in [-0.15, -0.1) is 0 Å². The van der Waals surface area contributed by atoms with Gasteiger partial charge in [0, 0.05) is 30.4 Å². The first-order valence-electron chi connectivity index (χ1n) is 9.54. The lowest BCUT2D eigenvalue weighted by atomic mass is 10.0. The molecule has 2 amide bonds. The van der Waals surface area contributed by atoms with Crippen LogP contribution in [0.15, 0.2) is 65.2 Å². The molecule has 6 heteroatoms. The molecule has 0 saturated heterocycles. The Bertz CT molecular complexity index is 982. The molecule has 2 N–H and O–H groups in total. The van der Waals surface area contributed by atoms with E-state index in [2.05, 4.69) is 15.6 Å². The highest BCUT2D eigenvalue weighted by Crippen LogP contribution is 2.21. The molecule has 2 aromatic rings. The molecular weight excluding hydrogens is 369 g/mol. The zero-order valence-corrected chi connectivity index (χ0v) is 16.5. The Kier molecular flexibility index (Phi) is 6.54. The van der Waals surface area contributed by atoms with Crippen molar-refractivity contribution in [3.05, 3.63) is 77.1 Å². The molecule has 150 valence electrons. The molecule has 0 unspecified atom stereocenters. The molecule has 29 heavy (non-hydrogen) atoms. The number of halogens is 1. The number of anilines is 1. The highest BCUT2D eigenvalue weighted by Gasteiger charge is 2.25. The Balaban J connectivity index is 1.65. The molecule has 1 aliphatic heterocycles. The second kappa shape index (κ2) is 9.28. The van der Waals surface area contributed by atoms with Gasteiger partial charge in [-0.3, -0.25) is 14.6 Å². The zero-order chi connectivity index (χ0) is 20.8. The normalized spacial score (nSPS) is 17.2. The summed E-state index contributed by atoms with van der Waals surface area (Å²) in [6, 6.07) is 13.3. The van der Waals surface area contributed by atoms with E-state index in [0.717, 1.165) is 16.8 Å². The van der Waals surface area contributed by atoms with Gasteiger partial charge in [0.25, 0.3) is 0 Å². The van der Waals surface area contributed by atoms with Gasteiger partial charge in [0.1, 0.15) is 11.9 Å². The van der Waals surface area contributed by atoms with Crippen molar-refractivity contribution in [3.63, 3.8) is 0 Å². The van der Waals surface area contributed by atoms with Crippen LogP contribution in [0.25, 0.3) is 0 Å². The van der Waals surface area contributed by atoms with Crippen LogP contribution < -0.4 is 10.6 Å². The quantitative estimate of drug-likeness (QED) is 0.603. The lowest BCUT2D eigenvalue weighted by Gasteiger charge is -2.15. The van der Waals surface area contributed by atoms with E-state index in [4.69, 9.17) is 0 Å². The zero-order valence-electron chi connectivity index (χ0n) is 16.5. The van der Waals surface area contributed by atoms with Crippen LogP contribution in [0.3, 0.4) is 0 Å². The Morgan fingerprint density at radius 3 is 2.83 bits per heavy atom. The van der Waals surface area contributed by atoms with E-state index in [1.54, 1.807) is 26.1 Å². The fourth-order valence-corrected chi connectivity index (χ4v) is 3.29. The van der Waals surface area contributed by atoms with Crippen LogP contribution in [0.1, 0.15) is 24.5 Å².